The van der Waals surface area contributed by atoms with Gasteiger partial charge in [0.2, 0.25) is 11.8 Å². The highest BCUT2D eigenvalue weighted by Crippen LogP contribution is 2.48. The van der Waals surface area contributed by atoms with E-state index in [4.69, 9.17) is 0 Å². The number of anilines is 1. The molecule has 1 N–H and O–H groups in total. The number of carbonyl (C=O) groups excluding carboxylic acids is 3. The average molecular weight is 614 g/mol. The summed E-state index contributed by atoms with van der Waals surface area (Å²) in [6, 6.07) is 8.98. The molecular formula is C28H24BrN9O3. The maximum atomic E-state index is 13.7. The first-order valence-electron chi connectivity index (χ1n) is 13.2. The molecule has 1 aromatic carbocycles. The molecule has 206 valence electrons. The van der Waals surface area contributed by atoms with Crippen LogP contribution in [0.25, 0.3) is 27.7 Å². The molecule has 12 nitrogen and oxygen atoms in total. The van der Waals surface area contributed by atoms with Gasteiger partial charge < -0.3 is 10.2 Å². The molecule has 1 unspecified atom stereocenters. The number of Topliss-reactive ketones (excluding diaryl/α,β-unsaturated/α-hetero) is 1. The van der Waals surface area contributed by atoms with Gasteiger partial charge in [0, 0.05) is 30.1 Å². The monoisotopic (exact) mass is 613 g/mol. The molecule has 5 aromatic rings. The minimum Gasteiger partial charge on any atom is -0.326 e. The van der Waals surface area contributed by atoms with E-state index in [1.54, 1.807) is 14.1 Å². The van der Waals surface area contributed by atoms with Crippen molar-refractivity contribution in [2.45, 2.75) is 45.3 Å². The molecule has 2 amide bonds. The van der Waals surface area contributed by atoms with Crippen molar-refractivity contribution in [3.8, 4) is 11.1 Å². The largest absolute Gasteiger partial charge is 0.326 e. The third kappa shape index (κ3) is 4.55. The molecule has 41 heavy (non-hydrogen) atoms. The van der Waals surface area contributed by atoms with Crippen LogP contribution in [-0.2, 0) is 16.1 Å². The van der Waals surface area contributed by atoms with Crippen molar-refractivity contribution in [1.29, 1.82) is 0 Å². The smallest absolute Gasteiger partial charge is 0.248 e. The van der Waals surface area contributed by atoms with Crippen molar-refractivity contribution < 1.29 is 14.4 Å². The summed E-state index contributed by atoms with van der Waals surface area (Å²) in [6.07, 6.45) is 6.36. The third-order valence-electron chi connectivity index (χ3n) is 7.69. The van der Waals surface area contributed by atoms with Crippen LogP contribution >= 0.6 is 15.9 Å². The van der Waals surface area contributed by atoms with E-state index < -0.39 is 6.04 Å². The number of aromatic nitrogens is 7. The van der Waals surface area contributed by atoms with Gasteiger partial charge in [-0.15, -0.1) is 0 Å². The van der Waals surface area contributed by atoms with Crippen LogP contribution < -0.4 is 5.32 Å². The Morgan fingerprint density at radius 2 is 1.88 bits per heavy atom. The number of carbonyl (C=O) groups is 3. The van der Waals surface area contributed by atoms with E-state index in [2.05, 4.69) is 46.4 Å². The Balaban J connectivity index is 1.17. The van der Waals surface area contributed by atoms with Crippen LogP contribution in [-0.4, -0.2) is 68.9 Å². The van der Waals surface area contributed by atoms with Gasteiger partial charge in [0.25, 0.3) is 0 Å². The highest BCUT2D eigenvalue weighted by atomic mass is 79.9. The minimum atomic E-state index is -0.608. The summed E-state index contributed by atoms with van der Waals surface area (Å²) < 4.78 is 3.79. The fourth-order valence-electron chi connectivity index (χ4n) is 5.78. The number of pyridine rings is 1. The Hall–Kier alpha value is -4.52. The summed E-state index contributed by atoms with van der Waals surface area (Å²) in [6.45, 7) is 3.22. The van der Waals surface area contributed by atoms with Crippen molar-refractivity contribution in [3.05, 3.63) is 65.0 Å². The zero-order valence-corrected chi connectivity index (χ0v) is 23.7. The molecule has 0 bridgehead atoms. The quantitative estimate of drug-likeness (QED) is 0.287. The van der Waals surface area contributed by atoms with Gasteiger partial charge in [-0.25, -0.2) is 14.5 Å². The van der Waals surface area contributed by atoms with E-state index in [1.165, 1.54) is 19.3 Å². The van der Waals surface area contributed by atoms with Crippen molar-refractivity contribution >= 4 is 55.9 Å². The summed E-state index contributed by atoms with van der Waals surface area (Å²) in [5, 5.41) is 12.4. The number of benzene rings is 1. The summed E-state index contributed by atoms with van der Waals surface area (Å²) in [5.74, 6) is 0.591. The molecule has 3 atom stereocenters. The fraction of sp³-hybridized carbons (Fsp3) is 0.286. The molecule has 1 saturated carbocycles. The number of piperidine rings is 1. The lowest BCUT2D eigenvalue weighted by Gasteiger charge is -2.26. The van der Waals surface area contributed by atoms with Gasteiger partial charge in [-0.2, -0.15) is 10.2 Å². The van der Waals surface area contributed by atoms with Gasteiger partial charge in [-0.3, -0.25) is 24.0 Å². The van der Waals surface area contributed by atoms with Crippen LogP contribution in [0.5, 0.6) is 0 Å². The number of hydrogen-bond donors (Lipinski definition) is 1. The molecule has 5 heterocycles. The van der Waals surface area contributed by atoms with Crippen molar-refractivity contribution in [2.75, 3.05) is 5.32 Å². The zero-order chi connectivity index (χ0) is 28.4. The van der Waals surface area contributed by atoms with Gasteiger partial charge in [0.15, 0.2) is 17.2 Å². The number of ketones is 1. The molecule has 2 aliphatic rings. The van der Waals surface area contributed by atoms with E-state index in [0.717, 1.165) is 23.2 Å². The number of aryl methyl sites for hydroxylation is 1. The van der Waals surface area contributed by atoms with Crippen molar-refractivity contribution in [3.63, 3.8) is 0 Å². The summed E-state index contributed by atoms with van der Waals surface area (Å²) in [7, 11) is 0. The Morgan fingerprint density at radius 3 is 2.68 bits per heavy atom. The molecule has 7 rings (SSSR count). The van der Waals surface area contributed by atoms with E-state index in [-0.39, 0.29) is 30.2 Å². The number of rotatable bonds is 6. The fourth-order valence-corrected chi connectivity index (χ4v) is 6.08. The average Bonchev–Trinajstić information content (AvgIpc) is 3.25. The number of hydrogen-bond acceptors (Lipinski definition) is 8. The number of amides is 2. The molecule has 13 heteroatoms. The lowest BCUT2D eigenvalue weighted by molar-refractivity contribution is -0.138. The topological polar surface area (TPSA) is 140 Å². The highest BCUT2D eigenvalue weighted by molar-refractivity contribution is 9.10. The van der Waals surface area contributed by atoms with Crippen LogP contribution in [0.3, 0.4) is 0 Å². The number of nitrogens with one attached hydrogen (secondary N) is 1. The summed E-state index contributed by atoms with van der Waals surface area (Å²) in [5.41, 5.74) is 3.50. The number of fused-ring (bicyclic) bond motifs is 3. The molecule has 1 aliphatic carbocycles. The van der Waals surface area contributed by atoms with Crippen LogP contribution in [0.4, 0.5) is 5.82 Å². The standard InChI is InChI=1S/C28H24BrN9O3/c1-14(39)27-19-7-16(17-4-6-25-31-15(2)34-37(25)12-17)3-5-20(19)36(35-27)13-26(40)38-21-8-18(21)9-22(38)28(41)33-24-11-30-10-23(29)32-24/h3-7,10-12,18,21-22H,8-9,13H2,1-2H3,(H,32,33,41)/t18-,21?,22+/m1/s1. The predicted octanol–water partition coefficient (Wildman–Crippen LogP) is 3.44. The van der Waals surface area contributed by atoms with Gasteiger partial charge in [-0.1, -0.05) is 6.07 Å². The zero-order valence-electron chi connectivity index (χ0n) is 22.2. The lowest BCUT2D eigenvalue weighted by Crippen LogP contribution is -2.46. The molecule has 1 saturated heterocycles. The second-order valence-electron chi connectivity index (χ2n) is 10.5. The van der Waals surface area contributed by atoms with Crippen LogP contribution in [0.2, 0.25) is 0 Å². The Morgan fingerprint density at radius 1 is 1.05 bits per heavy atom. The summed E-state index contributed by atoms with van der Waals surface area (Å²) >= 11 is 3.25. The van der Waals surface area contributed by atoms with E-state index in [0.29, 0.717) is 45.2 Å². The van der Waals surface area contributed by atoms with Crippen LogP contribution in [0, 0.1) is 12.8 Å². The van der Waals surface area contributed by atoms with Gasteiger partial charge in [-0.05, 0) is 71.4 Å². The van der Waals surface area contributed by atoms with Crippen molar-refractivity contribution in [2.24, 2.45) is 5.92 Å². The van der Waals surface area contributed by atoms with Gasteiger partial charge >= 0.3 is 0 Å². The maximum Gasteiger partial charge on any atom is 0.248 e. The molecule has 2 fully saturated rings. The lowest BCUT2D eigenvalue weighted by atomic mass is 10.0. The van der Waals surface area contributed by atoms with Gasteiger partial charge in [0.1, 0.15) is 28.7 Å². The highest BCUT2D eigenvalue weighted by Gasteiger charge is 2.56. The second kappa shape index (κ2) is 9.54. The van der Waals surface area contributed by atoms with Crippen molar-refractivity contribution in [1.82, 2.24) is 39.2 Å². The first-order valence-corrected chi connectivity index (χ1v) is 14.0. The second-order valence-corrected chi connectivity index (χ2v) is 11.3. The maximum absolute atomic E-state index is 13.7. The van der Waals surface area contributed by atoms with E-state index in [9.17, 15) is 14.4 Å². The Labute approximate surface area is 241 Å². The molecule has 1 aliphatic heterocycles. The van der Waals surface area contributed by atoms with E-state index in [1.807, 2.05) is 43.5 Å². The first-order chi connectivity index (χ1) is 19.7. The SMILES string of the molecule is CC(=O)c1nn(CC(=O)N2C3C[C@@H]3C[C@H]2C(=O)Nc2cncc(Br)n2)c2ccc(-c3ccc4nc(C)nn4c3)cc12. The minimum absolute atomic E-state index is 0.0305. The Bertz CT molecular complexity index is 1900. The molecular weight excluding hydrogens is 590 g/mol. The van der Waals surface area contributed by atoms with Gasteiger partial charge in [0.05, 0.1) is 17.9 Å². The van der Waals surface area contributed by atoms with Crippen LogP contribution in [0.1, 0.15) is 36.1 Å². The number of nitrogens with zero attached hydrogens (tertiary/aromatic N) is 8. The molecule has 0 radical (unpaired) electrons. The molecule has 4 aromatic heterocycles. The third-order valence-corrected chi connectivity index (χ3v) is 8.07. The Kier molecular flexibility index (Phi) is 5.92. The summed E-state index contributed by atoms with van der Waals surface area (Å²) in [4.78, 5) is 53.7. The number of likely N-dealkylation sites (tertiary alicyclic amines) is 1. The molecule has 0 spiro atoms. The van der Waals surface area contributed by atoms with E-state index >= 15 is 0 Å². The first kappa shape index (κ1) is 25.4. The van der Waals surface area contributed by atoms with Crippen LogP contribution in [0.15, 0.2) is 53.5 Å². The number of halogens is 1. The normalized spacial score (nSPS) is 19.5. The predicted molar refractivity (Wildman–Crippen MR) is 152 cm³/mol.